The zero-order chi connectivity index (χ0) is 7.82. The lowest BCUT2D eigenvalue weighted by Crippen LogP contribution is -1.99. The van der Waals surface area contributed by atoms with Gasteiger partial charge >= 0.3 is 12.4 Å². The smallest absolute Gasteiger partial charge is 0.317 e. The van der Waals surface area contributed by atoms with Crippen molar-refractivity contribution in [3.63, 3.8) is 0 Å². The summed E-state index contributed by atoms with van der Waals surface area (Å²) in [6, 6.07) is 0. The molecule has 0 radical (unpaired) electrons. The number of carbonyl (C=O) groups is 2. The molecule has 3 heteroatoms. The molecular weight excluding hydrogens is 132 g/mol. The minimum Gasteiger partial charge on any atom is -0.395 e. The zero-order valence-corrected chi connectivity index (χ0v) is 5.87. The Morgan fingerprint density at radius 3 is 2.70 bits per heavy atom. The monoisotopic (exact) mass is 142 g/mol. The van der Waals surface area contributed by atoms with Gasteiger partial charge in [0.1, 0.15) is 0 Å². The van der Waals surface area contributed by atoms with Crippen molar-refractivity contribution >= 4 is 12.4 Å². The SMILES string of the molecule is CCC=CCC(=O)OC=O. The molecule has 0 bridgehead atoms. The maximum absolute atomic E-state index is 10.4. The van der Waals surface area contributed by atoms with Crippen LogP contribution >= 0.6 is 0 Å². The fourth-order valence-corrected chi connectivity index (χ4v) is 0.448. The van der Waals surface area contributed by atoms with Crippen LogP contribution in [0.25, 0.3) is 0 Å². The fraction of sp³-hybridized carbons (Fsp3) is 0.429. The summed E-state index contributed by atoms with van der Waals surface area (Å²) in [5.74, 6) is -0.514. The zero-order valence-electron chi connectivity index (χ0n) is 5.87. The molecule has 0 spiro atoms. The second-order valence-corrected chi connectivity index (χ2v) is 1.67. The number of ether oxygens (including phenoxy) is 1. The van der Waals surface area contributed by atoms with Gasteiger partial charge in [-0.2, -0.15) is 0 Å². The molecule has 0 aromatic heterocycles. The molecule has 0 fully saturated rings. The van der Waals surface area contributed by atoms with Crippen LogP contribution in [0.15, 0.2) is 12.2 Å². The van der Waals surface area contributed by atoms with Gasteiger partial charge in [-0.1, -0.05) is 19.1 Å². The van der Waals surface area contributed by atoms with Gasteiger partial charge in [0.25, 0.3) is 0 Å². The van der Waals surface area contributed by atoms with Crippen molar-refractivity contribution in [2.24, 2.45) is 0 Å². The largest absolute Gasteiger partial charge is 0.395 e. The molecule has 0 atom stereocenters. The first-order valence-electron chi connectivity index (χ1n) is 3.09. The third kappa shape index (κ3) is 5.03. The minimum absolute atomic E-state index is 0.141. The average molecular weight is 142 g/mol. The molecular formula is C7H10O3. The summed E-state index contributed by atoms with van der Waals surface area (Å²) in [6.45, 7) is 2.10. The van der Waals surface area contributed by atoms with E-state index in [1.54, 1.807) is 6.08 Å². The summed E-state index contributed by atoms with van der Waals surface area (Å²) < 4.78 is 4.02. The Balaban J connectivity index is 3.38. The summed E-state index contributed by atoms with van der Waals surface area (Å²) in [5.41, 5.74) is 0. The van der Waals surface area contributed by atoms with E-state index in [1.807, 2.05) is 13.0 Å². The van der Waals surface area contributed by atoms with Crippen molar-refractivity contribution in [3.05, 3.63) is 12.2 Å². The first-order valence-corrected chi connectivity index (χ1v) is 3.09. The quantitative estimate of drug-likeness (QED) is 0.255. The minimum atomic E-state index is -0.514. The highest BCUT2D eigenvalue weighted by Gasteiger charge is 1.95. The number of esters is 1. The summed E-state index contributed by atoms with van der Waals surface area (Å²) in [7, 11) is 0. The van der Waals surface area contributed by atoms with E-state index in [0.29, 0.717) is 0 Å². The van der Waals surface area contributed by atoms with Crippen LogP contribution in [0, 0.1) is 0 Å². The highest BCUT2D eigenvalue weighted by Crippen LogP contribution is 1.88. The summed E-state index contributed by atoms with van der Waals surface area (Å²) in [4.78, 5) is 20.0. The van der Waals surface area contributed by atoms with E-state index in [0.717, 1.165) is 6.42 Å². The molecule has 0 saturated carbocycles. The molecule has 0 unspecified atom stereocenters. The Bertz CT molecular complexity index is 138. The Hall–Kier alpha value is -1.12. The van der Waals surface area contributed by atoms with Gasteiger partial charge in [-0.25, -0.2) is 0 Å². The van der Waals surface area contributed by atoms with Crippen molar-refractivity contribution in [1.29, 1.82) is 0 Å². The molecule has 0 aromatic carbocycles. The number of allylic oxidation sites excluding steroid dienone is 1. The van der Waals surface area contributed by atoms with Crippen LogP contribution in [0.5, 0.6) is 0 Å². The van der Waals surface area contributed by atoms with Crippen LogP contribution in [0.1, 0.15) is 19.8 Å². The van der Waals surface area contributed by atoms with Gasteiger partial charge in [-0.05, 0) is 6.42 Å². The van der Waals surface area contributed by atoms with Crippen molar-refractivity contribution in [1.82, 2.24) is 0 Å². The van der Waals surface area contributed by atoms with Crippen molar-refractivity contribution in [3.8, 4) is 0 Å². The first kappa shape index (κ1) is 8.88. The third-order valence-electron chi connectivity index (χ3n) is 0.866. The van der Waals surface area contributed by atoms with E-state index in [-0.39, 0.29) is 12.9 Å². The van der Waals surface area contributed by atoms with Gasteiger partial charge in [-0.3, -0.25) is 9.59 Å². The van der Waals surface area contributed by atoms with Gasteiger partial charge in [-0.15, -0.1) is 0 Å². The van der Waals surface area contributed by atoms with Gasteiger partial charge < -0.3 is 4.74 Å². The predicted octanol–water partition coefficient (Wildman–Crippen LogP) is 1.04. The maximum atomic E-state index is 10.4. The van der Waals surface area contributed by atoms with Crippen LogP contribution in [-0.2, 0) is 14.3 Å². The molecule has 10 heavy (non-hydrogen) atoms. The molecule has 0 aliphatic carbocycles. The Morgan fingerprint density at radius 2 is 2.20 bits per heavy atom. The highest BCUT2D eigenvalue weighted by atomic mass is 16.6. The van der Waals surface area contributed by atoms with Crippen LogP contribution in [0.2, 0.25) is 0 Å². The molecule has 0 heterocycles. The van der Waals surface area contributed by atoms with Gasteiger partial charge in [0.05, 0.1) is 6.42 Å². The van der Waals surface area contributed by atoms with Crippen molar-refractivity contribution < 1.29 is 14.3 Å². The summed E-state index contributed by atoms with van der Waals surface area (Å²) >= 11 is 0. The Morgan fingerprint density at radius 1 is 1.50 bits per heavy atom. The molecule has 0 amide bonds. The van der Waals surface area contributed by atoms with Crippen LogP contribution < -0.4 is 0 Å². The van der Waals surface area contributed by atoms with Crippen molar-refractivity contribution in [2.45, 2.75) is 19.8 Å². The molecule has 0 N–H and O–H groups in total. The topological polar surface area (TPSA) is 43.4 Å². The van der Waals surface area contributed by atoms with E-state index in [2.05, 4.69) is 4.74 Å². The molecule has 0 rings (SSSR count). The van der Waals surface area contributed by atoms with E-state index in [9.17, 15) is 9.59 Å². The van der Waals surface area contributed by atoms with Gasteiger partial charge in [0, 0.05) is 0 Å². The first-order chi connectivity index (χ1) is 4.81. The van der Waals surface area contributed by atoms with Gasteiger partial charge in [0.15, 0.2) is 0 Å². The lowest BCUT2D eigenvalue weighted by molar-refractivity contribution is -0.150. The second-order valence-electron chi connectivity index (χ2n) is 1.67. The molecule has 0 saturated heterocycles. The predicted molar refractivity (Wildman–Crippen MR) is 36.2 cm³/mol. The lowest BCUT2D eigenvalue weighted by atomic mass is 10.3. The molecule has 0 aliphatic heterocycles. The molecule has 3 nitrogen and oxygen atoms in total. The second kappa shape index (κ2) is 6.01. The highest BCUT2D eigenvalue weighted by molar-refractivity contribution is 5.77. The van der Waals surface area contributed by atoms with E-state index < -0.39 is 5.97 Å². The van der Waals surface area contributed by atoms with Gasteiger partial charge in [0.2, 0.25) is 0 Å². The van der Waals surface area contributed by atoms with Crippen LogP contribution in [-0.4, -0.2) is 12.4 Å². The van der Waals surface area contributed by atoms with Crippen LogP contribution in [0.4, 0.5) is 0 Å². The summed E-state index contributed by atoms with van der Waals surface area (Å²) in [5, 5.41) is 0. The van der Waals surface area contributed by atoms with Crippen LogP contribution in [0.3, 0.4) is 0 Å². The third-order valence-corrected chi connectivity index (χ3v) is 0.866. The maximum Gasteiger partial charge on any atom is 0.317 e. The molecule has 0 aliphatic rings. The van der Waals surface area contributed by atoms with E-state index >= 15 is 0 Å². The van der Waals surface area contributed by atoms with E-state index in [4.69, 9.17) is 0 Å². The Labute approximate surface area is 59.7 Å². The number of carbonyl (C=O) groups excluding carboxylic acids is 2. The average Bonchev–Trinajstić information content (AvgIpc) is 1.89. The Kier molecular flexibility index (Phi) is 5.33. The standard InChI is InChI=1S/C7H10O3/c1-2-3-4-5-7(9)10-6-8/h3-4,6H,2,5H2,1H3. The normalized spacial score (nSPS) is 9.70. The number of hydrogen-bond donors (Lipinski definition) is 0. The summed E-state index contributed by atoms with van der Waals surface area (Å²) in [6.07, 6.45) is 4.57. The fourth-order valence-electron chi connectivity index (χ4n) is 0.448. The van der Waals surface area contributed by atoms with E-state index in [1.165, 1.54) is 0 Å². The number of hydrogen-bond acceptors (Lipinski definition) is 3. The van der Waals surface area contributed by atoms with Crippen molar-refractivity contribution in [2.75, 3.05) is 0 Å². The molecule has 56 valence electrons. The number of rotatable bonds is 4. The molecule has 0 aromatic rings. The lowest BCUT2D eigenvalue weighted by Gasteiger charge is -1.88.